The Labute approximate surface area is 218 Å². The quantitative estimate of drug-likeness (QED) is 0.277. The zero-order valence-corrected chi connectivity index (χ0v) is 23.8. The third kappa shape index (κ3) is 5.16. The van der Waals surface area contributed by atoms with Crippen molar-refractivity contribution in [2.24, 2.45) is 0 Å². The molecule has 1 unspecified atom stereocenters. The first kappa shape index (κ1) is 26.2. The van der Waals surface area contributed by atoms with Crippen LogP contribution in [0, 0.1) is 13.8 Å². The minimum atomic E-state index is -0.205. The molecule has 0 aliphatic carbocycles. The molecule has 4 aromatic rings. The first-order valence-corrected chi connectivity index (χ1v) is 13.8. The molecule has 0 spiro atoms. The van der Waals surface area contributed by atoms with Crippen LogP contribution in [0.5, 0.6) is 11.5 Å². The molecule has 3 heteroatoms. The van der Waals surface area contributed by atoms with E-state index in [0.29, 0.717) is 20.1 Å². The first-order chi connectivity index (χ1) is 16.8. The molecule has 1 atom stereocenters. The van der Waals surface area contributed by atoms with Crippen LogP contribution in [0.1, 0.15) is 80.6 Å². The molecular weight excluding hydrogens is 459 g/mol. The molecule has 0 aromatic heterocycles. The second-order valence-corrected chi connectivity index (χ2v) is 13.5. The van der Waals surface area contributed by atoms with Gasteiger partial charge >= 0.3 is 0 Å². The predicted octanol–water partition coefficient (Wildman–Crippen LogP) is 8.56. The average molecular weight is 499 g/mol. The summed E-state index contributed by atoms with van der Waals surface area (Å²) in [5.41, 5.74) is 5.28. The van der Waals surface area contributed by atoms with Gasteiger partial charge in [0.2, 0.25) is 0 Å². The fourth-order valence-electron chi connectivity index (χ4n) is 5.03. The lowest BCUT2D eigenvalue weighted by molar-refractivity contribution is 0.434. The van der Waals surface area contributed by atoms with E-state index in [1.807, 2.05) is 0 Å². The van der Waals surface area contributed by atoms with Crippen molar-refractivity contribution >= 4 is 24.7 Å². The van der Waals surface area contributed by atoms with Gasteiger partial charge in [0.15, 0.2) is 0 Å². The Morgan fingerprint density at radius 2 is 1.11 bits per heavy atom. The molecular formula is C33H39O2P. The molecule has 4 rings (SSSR count). The van der Waals surface area contributed by atoms with Crippen molar-refractivity contribution in [2.75, 3.05) is 0 Å². The van der Waals surface area contributed by atoms with E-state index in [9.17, 15) is 10.2 Å². The van der Waals surface area contributed by atoms with Crippen LogP contribution >= 0.6 is 8.58 Å². The van der Waals surface area contributed by atoms with Gasteiger partial charge in [0.05, 0.1) is 0 Å². The fourth-order valence-corrected chi connectivity index (χ4v) is 6.66. The maximum absolute atomic E-state index is 11.7. The number of aromatic hydroxyl groups is 2. The number of hydrogen-bond donors (Lipinski definition) is 2. The van der Waals surface area contributed by atoms with Crippen molar-refractivity contribution in [1.82, 2.24) is 0 Å². The standard InChI is InChI=1S/C33H39O2P/c1-20-16-24(29(34)26(18-20)32(3,4)5)31(25-17-21(2)19-27(30(25)35)33(6,7)8)36-28-15-11-13-22-12-9-10-14-23(22)28/h9-19,31,34-36H,1-8H3. The third-order valence-corrected chi connectivity index (χ3v) is 8.55. The Morgan fingerprint density at radius 1 is 0.639 bits per heavy atom. The second kappa shape index (κ2) is 9.56. The van der Waals surface area contributed by atoms with Gasteiger partial charge in [0, 0.05) is 16.8 Å². The molecule has 188 valence electrons. The van der Waals surface area contributed by atoms with Gasteiger partial charge in [-0.1, -0.05) is 128 Å². The normalized spacial score (nSPS) is 12.8. The van der Waals surface area contributed by atoms with E-state index in [-0.39, 0.29) is 16.5 Å². The lowest BCUT2D eigenvalue weighted by Gasteiger charge is -2.29. The molecule has 0 bridgehead atoms. The van der Waals surface area contributed by atoms with E-state index in [4.69, 9.17) is 0 Å². The molecule has 2 N–H and O–H groups in total. The Balaban J connectivity index is 2.03. The monoisotopic (exact) mass is 498 g/mol. The number of hydrogen-bond acceptors (Lipinski definition) is 2. The summed E-state index contributed by atoms with van der Waals surface area (Å²) in [5, 5.41) is 27.0. The van der Waals surface area contributed by atoms with E-state index in [1.165, 1.54) is 16.1 Å². The maximum atomic E-state index is 11.7. The van der Waals surface area contributed by atoms with Crippen molar-refractivity contribution in [3.8, 4) is 11.5 Å². The Kier molecular flexibility index (Phi) is 6.97. The highest BCUT2D eigenvalue weighted by Gasteiger charge is 2.30. The molecule has 2 nitrogen and oxygen atoms in total. The lowest BCUT2D eigenvalue weighted by Crippen LogP contribution is -2.15. The van der Waals surface area contributed by atoms with Crippen molar-refractivity contribution in [1.29, 1.82) is 0 Å². The Morgan fingerprint density at radius 3 is 1.61 bits per heavy atom. The molecule has 0 radical (unpaired) electrons. The highest BCUT2D eigenvalue weighted by atomic mass is 31.1. The van der Waals surface area contributed by atoms with Gasteiger partial charge in [-0.05, 0) is 51.9 Å². The summed E-state index contributed by atoms with van der Waals surface area (Å²) in [5.74, 6) is 0.674. The molecule has 4 aromatic carbocycles. The summed E-state index contributed by atoms with van der Waals surface area (Å²) < 4.78 is 0. The van der Waals surface area contributed by atoms with Crippen molar-refractivity contribution < 1.29 is 10.2 Å². The molecule has 0 aliphatic rings. The molecule has 0 saturated heterocycles. The van der Waals surface area contributed by atoms with Crippen LogP contribution in [0.4, 0.5) is 0 Å². The largest absolute Gasteiger partial charge is 0.507 e. The summed E-state index contributed by atoms with van der Waals surface area (Å²) in [4.78, 5) is 0. The first-order valence-electron chi connectivity index (χ1n) is 12.7. The Hall–Kier alpha value is -2.83. The van der Waals surface area contributed by atoms with E-state index in [1.54, 1.807) is 0 Å². The third-order valence-electron chi connectivity index (χ3n) is 6.89. The minimum absolute atomic E-state index is 0.183. The zero-order chi connectivity index (χ0) is 26.4. The SMILES string of the molecule is Cc1cc(C(Pc2cccc3ccccc23)c2cc(C)cc(C(C)(C)C)c2O)c(O)c(C(C)(C)C)c1. The van der Waals surface area contributed by atoms with Crippen LogP contribution < -0.4 is 5.30 Å². The van der Waals surface area contributed by atoms with Crippen LogP contribution in [-0.2, 0) is 10.8 Å². The van der Waals surface area contributed by atoms with Gasteiger partial charge in [0.25, 0.3) is 0 Å². The molecule has 0 aliphatic heterocycles. The van der Waals surface area contributed by atoms with E-state index in [2.05, 4.69) is 122 Å². The number of benzene rings is 4. The predicted molar refractivity (Wildman–Crippen MR) is 157 cm³/mol. The highest BCUT2D eigenvalue weighted by Crippen LogP contribution is 2.51. The fraction of sp³-hybridized carbons (Fsp3) is 0.333. The summed E-state index contributed by atoms with van der Waals surface area (Å²) in [6.07, 6.45) is 0. The highest BCUT2D eigenvalue weighted by molar-refractivity contribution is 7.48. The van der Waals surface area contributed by atoms with Gasteiger partial charge in [-0.3, -0.25) is 0 Å². The number of phenolic OH excluding ortho intramolecular Hbond substituents is 2. The lowest BCUT2D eigenvalue weighted by atomic mass is 9.81. The van der Waals surface area contributed by atoms with Crippen LogP contribution in [0.2, 0.25) is 0 Å². The van der Waals surface area contributed by atoms with E-state index >= 15 is 0 Å². The van der Waals surface area contributed by atoms with Crippen molar-refractivity contribution in [3.05, 3.63) is 100 Å². The summed E-state index contributed by atoms with van der Waals surface area (Å²) in [6, 6.07) is 23.3. The summed E-state index contributed by atoms with van der Waals surface area (Å²) in [7, 11) is 0.329. The second-order valence-electron chi connectivity index (χ2n) is 12.1. The van der Waals surface area contributed by atoms with Crippen LogP contribution in [0.15, 0.2) is 66.7 Å². The van der Waals surface area contributed by atoms with Gasteiger partial charge < -0.3 is 10.2 Å². The maximum Gasteiger partial charge on any atom is 0.123 e. The van der Waals surface area contributed by atoms with Gasteiger partial charge in [-0.25, -0.2) is 0 Å². The molecule has 0 amide bonds. The topological polar surface area (TPSA) is 40.5 Å². The number of phenols is 2. The zero-order valence-electron chi connectivity index (χ0n) is 22.8. The molecule has 36 heavy (non-hydrogen) atoms. The number of fused-ring (bicyclic) bond motifs is 1. The van der Waals surface area contributed by atoms with Gasteiger partial charge in [-0.15, -0.1) is 0 Å². The van der Waals surface area contributed by atoms with Gasteiger partial charge in [-0.2, -0.15) is 0 Å². The van der Waals surface area contributed by atoms with Crippen LogP contribution in [0.3, 0.4) is 0 Å². The van der Waals surface area contributed by atoms with Gasteiger partial charge in [0.1, 0.15) is 11.5 Å². The van der Waals surface area contributed by atoms with E-state index in [0.717, 1.165) is 33.4 Å². The number of rotatable bonds is 4. The van der Waals surface area contributed by atoms with Crippen molar-refractivity contribution in [3.63, 3.8) is 0 Å². The van der Waals surface area contributed by atoms with Crippen LogP contribution in [-0.4, -0.2) is 10.2 Å². The van der Waals surface area contributed by atoms with E-state index < -0.39 is 0 Å². The molecule has 0 heterocycles. The number of aryl methyl sites for hydroxylation is 2. The summed E-state index contributed by atoms with van der Waals surface area (Å²) >= 11 is 0. The molecule has 0 saturated carbocycles. The average Bonchev–Trinajstić information content (AvgIpc) is 2.79. The molecule has 0 fully saturated rings. The summed E-state index contributed by atoms with van der Waals surface area (Å²) in [6.45, 7) is 17.0. The van der Waals surface area contributed by atoms with Crippen LogP contribution in [0.25, 0.3) is 10.8 Å². The smallest absolute Gasteiger partial charge is 0.123 e. The minimum Gasteiger partial charge on any atom is -0.507 e. The van der Waals surface area contributed by atoms with Crippen molar-refractivity contribution in [2.45, 2.75) is 71.9 Å². The Bertz CT molecular complexity index is 1350.